The van der Waals surface area contributed by atoms with Crippen molar-refractivity contribution < 1.29 is 4.79 Å². The van der Waals surface area contributed by atoms with Gasteiger partial charge in [0.05, 0.1) is 5.92 Å². The number of aromatic amines is 1. The summed E-state index contributed by atoms with van der Waals surface area (Å²) in [5.74, 6) is 1.09. The van der Waals surface area contributed by atoms with Crippen molar-refractivity contribution in [2.45, 2.75) is 20.3 Å². The Morgan fingerprint density at radius 3 is 2.88 bits per heavy atom. The fourth-order valence-electron chi connectivity index (χ4n) is 1.55. The minimum Gasteiger partial charge on any atom is -0.355 e. The Balaban J connectivity index is 2.29. The third-order valence-electron chi connectivity index (χ3n) is 2.61. The molecule has 0 saturated carbocycles. The van der Waals surface area contributed by atoms with Crippen molar-refractivity contribution in [2.24, 2.45) is 17.6 Å². The van der Waals surface area contributed by atoms with Gasteiger partial charge in [0.25, 0.3) is 0 Å². The summed E-state index contributed by atoms with van der Waals surface area (Å²) in [5, 5.41) is 2.87. The highest BCUT2D eigenvalue weighted by molar-refractivity contribution is 5.79. The molecule has 0 radical (unpaired) electrons. The molecule has 1 atom stereocenters. The first-order valence-corrected chi connectivity index (χ1v) is 5.61. The molecule has 1 aromatic rings. The van der Waals surface area contributed by atoms with E-state index in [2.05, 4.69) is 15.3 Å². The Morgan fingerprint density at radius 1 is 1.62 bits per heavy atom. The molecule has 1 rings (SSSR count). The summed E-state index contributed by atoms with van der Waals surface area (Å²) < 4.78 is 0. The molecule has 0 spiro atoms. The van der Waals surface area contributed by atoms with Crippen LogP contribution < -0.4 is 11.1 Å². The third kappa shape index (κ3) is 3.66. The molecule has 0 aromatic carbocycles. The van der Waals surface area contributed by atoms with E-state index < -0.39 is 0 Å². The molecule has 90 valence electrons. The number of imidazole rings is 1. The smallest absolute Gasteiger partial charge is 0.224 e. The predicted molar refractivity (Wildman–Crippen MR) is 62.7 cm³/mol. The van der Waals surface area contributed by atoms with Gasteiger partial charge in [-0.25, -0.2) is 4.98 Å². The van der Waals surface area contributed by atoms with Gasteiger partial charge in [-0.05, 0) is 5.92 Å². The van der Waals surface area contributed by atoms with Gasteiger partial charge in [0.2, 0.25) is 5.91 Å². The summed E-state index contributed by atoms with van der Waals surface area (Å²) in [7, 11) is 0. The van der Waals surface area contributed by atoms with Crippen molar-refractivity contribution in [1.82, 2.24) is 15.3 Å². The van der Waals surface area contributed by atoms with E-state index in [1.54, 1.807) is 12.4 Å². The van der Waals surface area contributed by atoms with E-state index in [4.69, 9.17) is 5.73 Å². The van der Waals surface area contributed by atoms with Gasteiger partial charge in [-0.1, -0.05) is 13.8 Å². The second kappa shape index (κ2) is 6.27. The molecule has 0 saturated heterocycles. The summed E-state index contributed by atoms with van der Waals surface area (Å²) >= 11 is 0. The van der Waals surface area contributed by atoms with Gasteiger partial charge in [-0.3, -0.25) is 4.79 Å². The van der Waals surface area contributed by atoms with Crippen LogP contribution in [0.3, 0.4) is 0 Å². The predicted octanol–water partition coefficient (Wildman–Crippen LogP) is 0.299. The van der Waals surface area contributed by atoms with Crippen LogP contribution in [0.15, 0.2) is 12.4 Å². The summed E-state index contributed by atoms with van der Waals surface area (Å²) in [6.07, 6.45) is 4.19. The van der Waals surface area contributed by atoms with Crippen LogP contribution in [0.5, 0.6) is 0 Å². The number of nitrogens with two attached hydrogens (primary N) is 1. The molecule has 16 heavy (non-hydrogen) atoms. The molecule has 0 aliphatic heterocycles. The Labute approximate surface area is 95.8 Å². The molecular weight excluding hydrogens is 204 g/mol. The van der Waals surface area contributed by atoms with Gasteiger partial charge < -0.3 is 16.0 Å². The average molecular weight is 224 g/mol. The maximum atomic E-state index is 11.7. The van der Waals surface area contributed by atoms with E-state index >= 15 is 0 Å². The molecule has 0 aliphatic rings. The van der Waals surface area contributed by atoms with E-state index in [0.29, 0.717) is 19.5 Å². The lowest BCUT2D eigenvalue weighted by atomic mass is 9.95. The van der Waals surface area contributed by atoms with Gasteiger partial charge in [0, 0.05) is 31.9 Å². The lowest BCUT2D eigenvalue weighted by Gasteiger charge is -2.17. The highest BCUT2D eigenvalue weighted by Crippen LogP contribution is 2.08. The van der Waals surface area contributed by atoms with Crippen LogP contribution in [0.25, 0.3) is 0 Å². The summed E-state index contributed by atoms with van der Waals surface area (Å²) in [5.41, 5.74) is 5.56. The fraction of sp³-hybridized carbons (Fsp3) is 0.636. The molecule has 0 aliphatic carbocycles. The molecule has 1 heterocycles. The summed E-state index contributed by atoms with van der Waals surface area (Å²) in [6.45, 7) is 4.99. The Morgan fingerprint density at radius 2 is 2.38 bits per heavy atom. The Kier molecular flexibility index (Phi) is 4.98. The van der Waals surface area contributed by atoms with Gasteiger partial charge >= 0.3 is 0 Å². The molecular formula is C11H20N4O. The molecule has 1 amide bonds. The topological polar surface area (TPSA) is 83.8 Å². The number of amides is 1. The van der Waals surface area contributed by atoms with E-state index in [1.807, 2.05) is 13.8 Å². The lowest BCUT2D eigenvalue weighted by molar-refractivity contribution is -0.125. The van der Waals surface area contributed by atoms with Crippen LogP contribution in [-0.4, -0.2) is 29.0 Å². The van der Waals surface area contributed by atoms with E-state index in [1.165, 1.54) is 0 Å². The molecule has 0 fully saturated rings. The number of nitrogens with zero attached hydrogens (tertiary/aromatic N) is 1. The van der Waals surface area contributed by atoms with Gasteiger partial charge in [0.1, 0.15) is 5.82 Å². The van der Waals surface area contributed by atoms with Crippen LogP contribution >= 0.6 is 0 Å². The first-order valence-electron chi connectivity index (χ1n) is 5.61. The zero-order valence-electron chi connectivity index (χ0n) is 9.86. The number of hydrogen-bond donors (Lipinski definition) is 3. The monoisotopic (exact) mass is 224 g/mol. The molecule has 1 aromatic heterocycles. The van der Waals surface area contributed by atoms with E-state index in [9.17, 15) is 4.79 Å². The van der Waals surface area contributed by atoms with Crippen molar-refractivity contribution in [2.75, 3.05) is 13.1 Å². The van der Waals surface area contributed by atoms with Crippen LogP contribution in [0, 0.1) is 11.8 Å². The van der Waals surface area contributed by atoms with Crippen molar-refractivity contribution in [3.8, 4) is 0 Å². The van der Waals surface area contributed by atoms with E-state index in [-0.39, 0.29) is 17.7 Å². The molecule has 4 N–H and O–H groups in total. The Bertz CT molecular complexity index is 308. The minimum atomic E-state index is -0.100. The number of hydrogen-bond acceptors (Lipinski definition) is 3. The summed E-state index contributed by atoms with van der Waals surface area (Å²) in [4.78, 5) is 18.8. The second-order valence-electron chi connectivity index (χ2n) is 4.16. The van der Waals surface area contributed by atoms with Crippen molar-refractivity contribution in [1.29, 1.82) is 0 Å². The van der Waals surface area contributed by atoms with Crippen LogP contribution in [0.4, 0.5) is 0 Å². The largest absolute Gasteiger partial charge is 0.355 e. The van der Waals surface area contributed by atoms with E-state index in [0.717, 1.165) is 5.82 Å². The zero-order valence-corrected chi connectivity index (χ0v) is 9.86. The fourth-order valence-corrected chi connectivity index (χ4v) is 1.55. The number of carbonyl (C=O) groups excluding carboxylic acids is 1. The average Bonchev–Trinajstić information content (AvgIpc) is 2.71. The lowest BCUT2D eigenvalue weighted by Crippen LogP contribution is -2.38. The second-order valence-corrected chi connectivity index (χ2v) is 4.16. The minimum absolute atomic E-state index is 0.0315. The Hall–Kier alpha value is -1.36. The third-order valence-corrected chi connectivity index (χ3v) is 2.61. The normalized spacial score (nSPS) is 12.8. The summed E-state index contributed by atoms with van der Waals surface area (Å²) in [6, 6.07) is 0. The highest BCUT2D eigenvalue weighted by atomic mass is 16.1. The number of carbonyl (C=O) groups is 1. The quantitative estimate of drug-likeness (QED) is 0.649. The molecule has 0 bridgehead atoms. The van der Waals surface area contributed by atoms with Crippen molar-refractivity contribution >= 4 is 5.91 Å². The maximum absolute atomic E-state index is 11.7. The first-order chi connectivity index (χ1) is 7.65. The number of H-pyrrole nitrogens is 1. The van der Waals surface area contributed by atoms with Gasteiger partial charge in [0.15, 0.2) is 0 Å². The van der Waals surface area contributed by atoms with Crippen molar-refractivity contribution in [3.63, 3.8) is 0 Å². The molecule has 1 unspecified atom stereocenters. The van der Waals surface area contributed by atoms with Gasteiger partial charge in [-0.2, -0.15) is 0 Å². The van der Waals surface area contributed by atoms with Crippen LogP contribution in [0.1, 0.15) is 19.7 Å². The number of aromatic nitrogens is 2. The molecule has 5 nitrogen and oxygen atoms in total. The van der Waals surface area contributed by atoms with Gasteiger partial charge in [-0.15, -0.1) is 0 Å². The zero-order chi connectivity index (χ0) is 12.0. The highest BCUT2D eigenvalue weighted by Gasteiger charge is 2.19. The number of nitrogens with one attached hydrogen (secondary N) is 2. The van der Waals surface area contributed by atoms with Crippen LogP contribution in [0.2, 0.25) is 0 Å². The number of rotatable bonds is 6. The first kappa shape index (κ1) is 12.7. The standard InChI is InChI=1S/C11H20N4O/c1-8(2)9(7-12)11(16)15-4-3-10-13-5-6-14-10/h5-6,8-9H,3-4,7,12H2,1-2H3,(H,13,14)(H,15,16). The maximum Gasteiger partial charge on any atom is 0.224 e. The van der Waals surface area contributed by atoms with Crippen LogP contribution in [-0.2, 0) is 11.2 Å². The SMILES string of the molecule is CC(C)C(CN)C(=O)NCCc1ncc[nH]1. The molecule has 5 heteroatoms. The van der Waals surface area contributed by atoms with Crippen molar-refractivity contribution in [3.05, 3.63) is 18.2 Å².